The van der Waals surface area contributed by atoms with Crippen molar-refractivity contribution in [3.63, 3.8) is 0 Å². The number of carbonyl (C=O) groups excluding carboxylic acids is 2. The van der Waals surface area contributed by atoms with Crippen LogP contribution >= 0.6 is 0 Å². The summed E-state index contributed by atoms with van der Waals surface area (Å²) in [6, 6.07) is 0. The van der Waals surface area contributed by atoms with E-state index in [0.29, 0.717) is 18.9 Å². The molecule has 3 aliphatic rings. The van der Waals surface area contributed by atoms with Crippen LogP contribution in [-0.4, -0.2) is 60.9 Å². The highest BCUT2D eigenvalue weighted by molar-refractivity contribution is 5.81. The van der Waals surface area contributed by atoms with Gasteiger partial charge >= 0.3 is 0 Å². The number of fused-ring (bicyclic) bond motifs is 1. The van der Waals surface area contributed by atoms with Crippen molar-refractivity contribution in [2.24, 2.45) is 17.8 Å². The number of amides is 2. The van der Waals surface area contributed by atoms with Crippen molar-refractivity contribution < 1.29 is 9.59 Å². The Balaban J connectivity index is 1.55. The number of carbonyl (C=O) groups is 2. The Morgan fingerprint density at radius 1 is 1.00 bits per heavy atom. The number of rotatable bonds is 3. The highest BCUT2D eigenvalue weighted by Gasteiger charge is 2.35. The lowest BCUT2D eigenvalue weighted by Crippen LogP contribution is -2.47. The van der Waals surface area contributed by atoms with Gasteiger partial charge in [-0.15, -0.1) is 0 Å². The Bertz CT molecular complexity index is 426. The standard InChI is InChI=1S/C18H31N3O2/c1-2-4-17(22)21-8-3-5-16(13-21)18(23)20-9-6-14-11-19-12-15(14)7-10-20/h14-16,19H,2-13H2,1H3/t14-,15+,16?. The van der Waals surface area contributed by atoms with Crippen molar-refractivity contribution in [3.05, 3.63) is 0 Å². The summed E-state index contributed by atoms with van der Waals surface area (Å²) in [6.45, 7) is 7.56. The molecule has 3 fully saturated rings. The smallest absolute Gasteiger partial charge is 0.227 e. The minimum atomic E-state index is 0.0284. The average molecular weight is 321 g/mol. The van der Waals surface area contributed by atoms with Crippen LogP contribution in [0.5, 0.6) is 0 Å². The van der Waals surface area contributed by atoms with Crippen molar-refractivity contribution in [3.8, 4) is 0 Å². The van der Waals surface area contributed by atoms with Crippen LogP contribution in [0.4, 0.5) is 0 Å². The van der Waals surface area contributed by atoms with E-state index >= 15 is 0 Å². The summed E-state index contributed by atoms with van der Waals surface area (Å²) in [5, 5.41) is 3.48. The molecule has 2 amide bonds. The zero-order valence-corrected chi connectivity index (χ0v) is 14.4. The quantitative estimate of drug-likeness (QED) is 0.857. The van der Waals surface area contributed by atoms with E-state index in [-0.39, 0.29) is 11.8 Å². The largest absolute Gasteiger partial charge is 0.342 e. The fourth-order valence-electron chi connectivity index (χ4n) is 4.47. The molecule has 1 N–H and O–H groups in total. The Hall–Kier alpha value is -1.10. The number of likely N-dealkylation sites (tertiary alicyclic amines) is 2. The third-order valence-corrected chi connectivity index (χ3v) is 5.92. The maximum absolute atomic E-state index is 12.9. The summed E-state index contributed by atoms with van der Waals surface area (Å²) in [5.74, 6) is 2.05. The van der Waals surface area contributed by atoms with Crippen LogP contribution in [0.25, 0.3) is 0 Å². The molecule has 0 aromatic heterocycles. The highest BCUT2D eigenvalue weighted by atomic mass is 16.2. The minimum Gasteiger partial charge on any atom is -0.342 e. The van der Waals surface area contributed by atoms with Gasteiger partial charge in [-0.05, 0) is 57.0 Å². The van der Waals surface area contributed by atoms with E-state index in [2.05, 4.69) is 10.2 Å². The maximum atomic E-state index is 12.9. The lowest BCUT2D eigenvalue weighted by molar-refractivity contribution is -0.140. The molecule has 0 aromatic carbocycles. The van der Waals surface area contributed by atoms with E-state index in [0.717, 1.165) is 76.7 Å². The molecule has 3 saturated heterocycles. The monoisotopic (exact) mass is 321 g/mol. The first-order valence-corrected chi connectivity index (χ1v) is 9.46. The molecule has 0 spiro atoms. The van der Waals surface area contributed by atoms with Crippen molar-refractivity contribution in [1.82, 2.24) is 15.1 Å². The van der Waals surface area contributed by atoms with Gasteiger partial charge in [-0.3, -0.25) is 9.59 Å². The van der Waals surface area contributed by atoms with Gasteiger partial charge in [0.1, 0.15) is 0 Å². The van der Waals surface area contributed by atoms with Crippen LogP contribution in [-0.2, 0) is 9.59 Å². The fraction of sp³-hybridized carbons (Fsp3) is 0.889. The Morgan fingerprint density at radius 2 is 1.70 bits per heavy atom. The molecule has 0 saturated carbocycles. The van der Waals surface area contributed by atoms with Crippen molar-refractivity contribution in [2.45, 2.75) is 45.4 Å². The molecular formula is C18H31N3O2. The SMILES string of the molecule is CCCC(=O)N1CCCC(C(=O)N2CC[C@@H]3CNC[C@@H]3CC2)C1. The summed E-state index contributed by atoms with van der Waals surface area (Å²) in [4.78, 5) is 29.1. The second kappa shape index (κ2) is 7.65. The van der Waals surface area contributed by atoms with Crippen LogP contribution < -0.4 is 5.32 Å². The molecule has 130 valence electrons. The van der Waals surface area contributed by atoms with Crippen LogP contribution in [0.2, 0.25) is 0 Å². The summed E-state index contributed by atoms with van der Waals surface area (Å²) in [6.07, 6.45) is 5.68. The first kappa shape index (κ1) is 16.7. The van der Waals surface area contributed by atoms with E-state index in [1.54, 1.807) is 0 Å². The Kier molecular flexibility index (Phi) is 5.57. The van der Waals surface area contributed by atoms with Gasteiger partial charge < -0.3 is 15.1 Å². The lowest BCUT2D eigenvalue weighted by atomic mass is 9.92. The van der Waals surface area contributed by atoms with Crippen molar-refractivity contribution in [1.29, 1.82) is 0 Å². The highest BCUT2D eigenvalue weighted by Crippen LogP contribution is 2.28. The molecular weight excluding hydrogens is 290 g/mol. The predicted molar refractivity (Wildman–Crippen MR) is 89.9 cm³/mol. The average Bonchev–Trinajstić information content (AvgIpc) is 2.93. The van der Waals surface area contributed by atoms with Crippen LogP contribution in [0.1, 0.15) is 45.4 Å². The number of nitrogens with zero attached hydrogens (tertiary/aromatic N) is 2. The van der Waals surface area contributed by atoms with Gasteiger partial charge in [-0.2, -0.15) is 0 Å². The summed E-state index contributed by atoms with van der Waals surface area (Å²) in [5.41, 5.74) is 0. The molecule has 0 aliphatic carbocycles. The molecule has 3 rings (SSSR count). The zero-order valence-electron chi connectivity index (χ0n) is 14.4. The summed E-state index contributed by atoms with van der Waals surface area (Å²) in [7, 11) is 0. The normalized spacial score (nSPS) is 31.6. The Morgan fingerprint density at radius 3 is 2.35 bits per heavy atom. The van der Waals surface area contributed by atoms with Gasteiger partial charge in [-0.25, -0.2) is 0 Å². The third kappa shape index (κ3) is 3.87. The van der Waals surface area contributed by atoms with E-state index < -0.39 is 0 Å². The minimum absolute atomic E-state index is 0.0284. The first-order chi connectivity index (χ1) is 11.2. The third-order valence-electron chi connectivity index (χ3n) is 5.92. The van der Waals surface area contributed by atoms with Gasteiger partial charge in [0.15, 0.2) is 0 Å². The van der Waals surface area contributed by atoms with Gasteiger partial charge in [0, 0.05) is 32.6 Å². The number of piperidine rings is 1. The zero-order chi connectivity index (χ0) is 16.2. The van der Waals surface area contributed by atoms with E-state index in [9.17, 15) is 9.59 Å². The predicted octanol–water partition coefficient (Wildman–Crippen LogP) is 1.48. The summed E-state index contributed by atoms with van der Waals surface area (Å²) >= 11 is 0. The van der Waals surface area contributed by atoms with Crippen molar-refractivity contribution in [2.75, 3.05) is 39.3 Å². The molecule has 5 heteroatoms. The number of hydrogen-bond acceptors (Lipinski definition) is 3. The van der Waals surface area contributed by atoms with Crippen LogP contribution in [0.3, 0.4) is 0 Å². The molecule has 1 unspecified atom stereocenters. The van der Waals surface area contributed by atoms with Gasteiger partial charge in [0.2, 0.25) is 11.8 Å². The molecule has 3 aliphatic heterocycles. The van der Waals surface area contributed by atoms with Gasteiger partial charge in [0.05, 0.1) is 5.92 Å². The van der Waals surface area contributed by atoms with Crippen LogP contribution in [0.15, 0.2) is 0 Å². The van der Waals surface area contributed by atoms with Crippen molar-refractivity contribution >= 4 is 11.8 Å². The molecule has 0 aromatic rings. The van der Waals surface area contributed by atoms with Gasteiger partial charge in [0.25, 0.3) is 0 Å². The maximum Gasteiger partial charge on any atom is 0.227 e. The lowest BCUT2D eigenvalue weighted by Gasteiger charge is -2.35. The van der Waals surface area contributed by atoms with E-state index in [1.807, 2.05) is 11.8 Å². The first-order valence-electron chi connectivity index (χ1n) is 9.46. The van der Waals surface area contributed by atoms with Crippen LogP contribution in [0, 0.1) is 17.8 Å². The summed E-state index contributed by atoms with van der Waals surface area (Å²) < 4.78 is 0. The van der Waals surface area contributed by atoms with E-state index in [1.165, 1.54) is 0 Å². The second-order valence-corrected chi connectivity index (χ2v) is 7.51. The number of nitrogens with one attached hydrogen (secondary N) is 1. The Labute approximate surface area is 139 Å². The number of hydrogen-bond donors (Lipinski definition) is 1. The molecule has 5 nitrogen and oxygen atoms in total. The molecule has 0 radical (unpaired) electrons. The van der Waals surface area contributed by atoms with Gasteiger partial charge in [-0.1, -0.05) is 6.92 Å². The second-order valence-electron chi connectivity index (χ2n) is 7.51. The fourth-order valence-corrected chi connectivity index (χ4v) is 4.47. The topological polar surface area (TPSA) is 52.7 Å². The molecule has 0 bridgehead atoms. The van der Waals surface area contributed by atoms with E-state index in [4.69, 9.17) is 0 Å². The molecule has 3 heterocycles. The molecule has 3 atom stereocenters. The molecule has 23 heavy (non-hydrogen) atoms.